The summed E-state index contributed by atoms with van der Waals surface area (Å²) in [6.07, 6.45) is 2.13. The highest BCUT2D eigenvalue weighted by Crippen LogP contribution is 2.19. The molecule has 0 saturated carbocycles. The number of piperazine rings is 1. The Balaban J connectivity index is 1.58. The summed E-state index contributed by atoms with van der Waals surface area (Å²) in [5.41, 5.74) is 0. The van der Waals surface area contributed by atoms with Gasteiger partial charge in [-0.25, -0.2) is 4.79 Å². The van der Waals surface area contributed by atoms with Crippen molar-refractivity contribution in [3.63, 3.8) is 0 Å². The number of ether oxygens (including phenoxy) is 1. The fraction of sp³-hybridized carbons (Fsp3) is 0.800. The number of hydrogen-bond acceptors (Lipinski definition) is 6. The highest BCUT2D eigenvalue weighted by molar-refractivity contribution is 5.76. The minimum Gasteiger partial charge on any atom is -0.393 e. The van der Waals surface area contributed by atoms with Gasteiger partial charge in [-0.2, -0.15) is 4.68 Å². The Morgan fingerprint density at radius 3 is 2.65 bits per heavy atom. The van der Waals surface area contributed by atoms with E-state index in [4.69, 9.17) is 9.15 Å². The lowest BCUT2D eigenvalue weighted by atomic mass is 10.0. The van der Waals surface area contributed by atoms with Crippen molar-refractivity contribution in [3.05, 3.63) is 16.4 Å². The zero-order chi connectivity index (χ0) is 16.4. The lowest BCUT2D eigenvalue weighted by Gasteiger charge is -2.44. The molecule has 1 aromatic rings. The summed E-state index contributed by atoms with van der Waals surface area (Å²) in [7, 11) is 0. The predicted molar refractivity (Wildman–Crippen MR) is 82.1 cm³/mol. The number of rotatable bonds is 3. The van der Waals surface area contributed by atoms with E-state index in [0.29, 0.717) is 12.6 Å². The van der Waals surface area contributed by atoms with Crippen molar-refractivity contribution in [1.82, 2.24) is 19.6 Å². The van der Waals surface area contributed by atoms with Crippen LogP contribution in [0.1, 0.15) is 25.7 Å². The van der Waals surface area contributed by atoms with Crippen molar-refractivity contribution in [1.29, 1.82) is 0 Å². The van der Waals surface area contributed by atoms with Crippen molar-refractivity contribution in [2.24, 2.45) is 0 Å². The zero-order valence-corrected chi connectivity index (χ0v) is 13.7. The molecule has 1 amide bonds. The quantitative estimate of drug-likeness (QED) is 0.770. The minimum absolute atomic E-state index is 0.0578. The molecule has 8 nitrogen and oxygen atoms in total. The van der Waals surface area contributed by atoms with Gasteiger partial charge in [0.1, 0.15) is 6.54 Å². The molecule has 2 fully saturated rings. The van der Waals surface area contributed by atoms with Crippen molar-refractivity contribution >= 4 is 5.91 Å². The standard InChI is InChI=1S/C15H24N4O4/c1-11-9-17(13-3-7-22-8-4-13)5-6-18(11)14(20)10-19-15(21)23-12(2)16-19/h11,13H,3-10H2,1-2H3/t11-/m1/s1. The van der Waals surface area contributed by atoms with Gasteiger partial charge in [0.2, 0.25) is 11.8 Å². The molecule has 0 bridgehead atoms. The number of carbonyl (C=O) groups is 1. The van der Waals surface area contributed by atoms with Gasteiger partial charge >= 0.3 is 5.76 Å². The molecular formula is C15H24N4O4. The molecular weight excluding hydrogens is 300 g/mol. The molecule has 0 N–H and O–H groups in total. The maximum Gasteiger partial charge on any atom is 0.437 e. The first-order valence-corrected chi connectivity index (χ1v) is 8.20. The Morgan fingerprint density at radius 1 is 1.30 bits per heavy atom. The molecule has 0 spiro atoms. The van der Waals surface area contributed by atoms with Crippen LogP contribution in [-0.4, -0.2) is 70.4 Å². The normalized spacial score (nSPS) is 24.1. The SMILES string of the molecule is Cc1nn(CC(=O)N2CCN(C3CCOCC3)C[C@H]2C)c(=O)o1. The van der Waals surface area contributed by atoms with Crippen molar-refractivity contribution in [2.45, 2.75) is 45.3 Å². The molecule has 2 aliphatic heterocycles. The number of aromatic nitrogens is 2. The lowest BCUT2D eigenvalue weighted by Crippen LogP contribution is -2.57. The van der Waals surface area contributed by atoms with Gasteiger partial charge in [-0.3, -0.25) is 9.69 Å². The molecule has 2 saturated heterocycles. The Kier molecular flexibility index (Phi) is 4.82. The van der Waals surface area contributed by atoms with E-state index in [1.54, 1.807) is 6.92 Å². The molecule has 3 rings (SSSR count). The fourth-order valence-corrected chi connectivity index (χ4v) is 3.47. The van der Waals surface area contributed by atoms with Crippen LogP contribution in [0.3, 0.4) is 0 Å². The highest BCUT2D eigenvalue weighted by atomic mass is 16.5. The Bertz CT molecular complexity index is 605. The van der Waals surface area contributed by atoms with Gasteiger partial charge in [-0.05, 0) is 19.8 Å². The van der Waals surface area contributed by atoms with Gasteiger partial charge in [0.05, 0.1) is 0 Å². The summed E-state index contributed by atoms with van der Waals surface area (Å²) < 4.78 is 11.3. The Labute approximate surface area is 135 Å². The molecule has 3 heterocycles. The predicted octanol–water partition coefficient (Wildman–Crippen LogP) is -0.144. The third-order valence-electron chi connectivity index (χ3n) is 4.68. The lowest BCUT2D eigenvalue weighted by molar-refractivity contribution is -0.137. The van der Waals surface area contributed by atoms with Crippen LogP contribution < -0.4 is 5.76 Å². The summed E-state index contributed by atoms with van der Waals surface area (Å²) in [5, 5.41) is 3.92. The molecule has 1 aromatic heterocycles. The maximum atomic E-state index is 12.5. The summed E-state index contributed by atoms with van der Waals surface area (Å²) in [6.45, 7) is 7.66. The third-order valence-corrected chi connectivity index (χ3v) is 4.68. The van der Waals surface area contributed by atoms with Gasteiger partial charge < -0.3 is 14.1 Å². The third kappa shape index (κ3) is 3.64. The van der Waals surface area contributed by atoms with Gasteiger partial charge in [-0.15, -0.1) is 5.10 Å². The molecule has 0 radical (unpaired) electrons. The number of nitrogens with zero attached hydrogens (tertiary/aromatic N) is 4. The van der Waals surface area contributed by atoms with Gasteiger partial charge in [0, 0.05) is 51.9 Å². The van der Waals surface area contributed by atoms with Crippen LogP contribution in [0.5, 0.6) is 0 Å². The van der Waals surface area contributed by atoms with Crippen LogP contribution in [-0.2, 0) is 16.1 Å². The molecule has 8 heteroatoms. The maximum absolute atomic E-state index is 12.5. The van der Waals surface area contributed by atoms with E-state index in [2.05, 4.69) is 16.9 Å². The first kappa shape index (κ1) is 16.2. The van der Waals surface area contributed by atoms with Crippen LogP contribution >= 0.6 is 0 Å². The van der Waals surface area contributed by atoms with E-state index in [-0.39, 0.29) is 24.4 Å². The highest BCUT2D eigenvalue weighted by Gasteiger charge is 2.32. The average molecular weight is 324 g/mol. The summed E-state index contributed by atoms with van der Waals surface area (Å²) in [6, 6.07) is 0.687. The van der Waals surface area contributed by atoms with E-state index < -0.39 is 5.76 Å². The second-order valence-corrected chi connectivity index (χ2v) is 6.32. The summed E-state index contributed by atoms with van der Waals surface area (Å²) in [5.74, 6) is -0.385. The van der Waals surface area contributed by atoms with Gasteiger partial charge in [-0.1, -0.05) is 0 Å². The Hall–Kier alpha value is -1.67. The van der Waals surface area contributed by atoms with Crippen molar-refractivity contribution in [2.75, 3.05) is 32.8 Å². The zero-order valence-electron chi connectivity index (χ0n) is 13.7. The minimum atomic E-state index is -0.579. The monoisotopic (exact) mass is 324 g/mol. The number of amides is 1. The molecule has 0 unspecified atom stereocenters. The Morgan fingerprint density at radius 2 is 2.04 bits per heavy atom. The second-order valence-electron chi connectivity index (χ2n) is 6.32. The molecule has 23 heavy (non-hydrogen) atoms. The van der Waals surface area contributed by atoms with Crippen molar-refractivity contribution in [3.8, 4) is 0 Å². The van der Waals surface area contributed by atoms with Crippen LogP contribution in [0.25, 0.3) is 0 Å². The van der Waals surface area contributed by atoms with E-state index in [1.165, 1.54) is 0 Å². The van der Waals surface area contributed by atoms with Crippen LogP contribution in [0.15, 0.2) is 9.21 Å². The van der Waals surface area contributed by atoms with E-state index in [1.807, 2.05) is 4.90 Å². The molecule has 0 aliphatic carbocycles. The number of aryl methyl sites for hydroxylation is 1. The molecule has 128 valence electrons. The van der Waals surface area contributed by atoms with E-state index in [0.717, 1.165) is 43.8 Å². The summed E-state index contributed by atoms with van der Waals surface area (Å²) >= 11 is 0. The number of carbonyl (C=O) groups excluding carboxylic acids is 1. The topological polar surface area (TPSA) is 80.8 Å². The van der Waals surface area contributed by atoms with Gasteiger partial charge in [0.15, 0.2) is 0 Å². The van der Waals surface area contributed by atoms with Crippen LogP contribution in [0.4, 0.5) is 0 Å². The van der Waals surface area contributed by atoms with Gasteiger partial charge in [0.25, 0.3) is 0 Å². The molecule has 2 aliphatic rings. The second kappa shape index (κ2) is 6.84. The summed E-state index contributed by atoms with van der Waals surface area (Å²) in [4.78, 5) is 28.3. The van der Waals surface area contributed by atoms with E-state index in [9.17, 15) is 9.59 Å². The van der Waals surface area contributed by atoms with Crippen LogP contribution in [0, 0.1) is 6.92 Å². The molecule has 1 atom stereocenters. The first-order chi connectivity index (χ1) is 11.0. The average Bonchev–Trinajstić information content (AvgIpc) is 2.85. The number of hydrogen-bond donors (Lipinski definition) is 0. The first-order valence-electron chi connectivity index (χ1n) is 8.20. The largest absolute Gasteiger partial charge is 0.437 e. The smallest absolute Gasteiger partial charge is 0.393 e. The fourth-order valence-electron chi connectivity index (χ4n) is 3.47. The van der Waals surface area contributed by atoms with Crippen LogP contribution in [0.2, 0.25) is 0 Å². The molecule has 0 aromatic carbocycles. The van der Waals surface area contributed by atoms with Crippen molar-refractivity contribution < 1.29 is 13.9 Å². The van der Waals surface area contributed by atoms with E-state index >= 15 is 0 Å².